The summed E-state index contributed by atoms with van der Waals surface area (Å²) in [6.45, 7) is 2.73. The average Bonchev–Trinajstić information content (AvgIpc) is 3.17. The summed E-state index contributed by atoms with van der Waals surface area (Å²) in [5, 5.41) is 5.73. The van der Waals surface area contributed by atoms with Crippen molar-refractivity contribution < 1.29 is 9.59 Å². The molecule has 4 aromatic rings. The zero-order valence-electron chi connectivity index (χ0n) is 16.5. The molecule has 0 atom stereocenters. The summed E-state index contributed by atoms with van der Waals surface area (Å²) in [6.07, 6.45) is 5.07. The van der Waals surface area contributed by atoms with E-state index in [-0.39, 0.29) is 23.3 Å². The Bertz CT molecular complexity index is 1200. The van der Waals surface area contributed by atoms with E-state index in [9.17, 15) is 9.59 Å². The molecule has 0 saturated heterocycles. The van der Waals surface area contributed by atoms with Gasteiger partial charge in [-0.3, -0.25) is 19.0 Å². The second-order valence-electron chi connectivity index (χ2n) is 6.95. The van der Waals surface area contributed by atoms with Gasteiger partial charge in [0.05, 0.1) is 5.52 Å². The quantitative estimate of drug-likeness (QED) is 0.522. The highest BCUT2D eigenvalue weighted by Crippen LogP contribution is 2.14. The third-order valence-electron chi connectivity index (χ3n) is 4.70. The van der Waals surface area contributed by atoms with Gasteiger partial charge < -0.3 is 10.6 Å². The average molecular weight is 399 g/mol. The van der Waals surface area contributed by atoms with Gasteiger partial charge in [-0.2, -0.15) is 0 Å². The summed E-state index contributed by atoms with van der Waals surface area (Å²) >= 11 is 0. The van der Waals surface area contributed by atoms with E-state index in [1.807, 2.05) is 49.4 Å². The van der Waals surface area contributed by atoms with Crippen LogP contribution in [0.5, 0.6) is 0 Å². The minimum Gasteiger partial charge on any atom is -0.347 e. The maximum atomic E-state index is 12.8. The number of carbonyl (C=O) groups is 2. The minimum absolute atomic E-state index is 0.173. The monoisotopic (exact) mass is 399 g/mol. The van der Waals surface area contributed by atoms with Crippen LogP contribution in [0, 0.1) is 6.92 Å². The van der Waals surface area contributed by atoms with E-state index < -0.39 is 0 Å². The smallest absolute Gasteiger partial charge is 0.287 e. The first-order valence-corrected chi connectivity index (χ1v) is 9.60. The third-order valence-corrected chi connectivity index (χ3v) is 4.70. The van der Waals surface area contributed by atoms with Crippen molar-refractivity contribution in [3.8, 4) is 0 Å². The lowest BCUT2D eigenvalue weighted by atomic mass is 10.1. The third kappa shape index (κ3) is 4.20. The molecule has 4 rings (SSSR count). The predicted octanol–water partition coefficient (Wildman–Crippen LogP) is 2.90. The number of carbonyl (C=O) groups excluding carboxylic acids is 2. The number of nitrogens with zero attached hydrogens (tertiary/aromatic N) is 3. The van der Waals surface area contributed by atoms with Gasteiger partial charge in [0.1, 0.15) is 0 Å². The van der Waals surface area contributed by atoms with Gasteiger partial charge in [-0.05, 0) is 42.3 Å². The molecule has 30 heavy (non-hydrogen) atoms. The zero-order valence-corrected chi connectivity index (χ0v) is 16.5. The Hall–Kier alpha value is -4.00. The van der Waals surface area contributed by atoms with Crippen LogP contribution in [0.15, 0.2) is 73.2 Å². The lowest BCUT2D eigenvalue weighted by Crippen LogP contribution is -2.26. The molecule has 0 aliphatic heterocycles. The van der Waals surface area contributed by atoms with Crippen molar-refractivity contribution in [1.82, 2.24) is 25.0 Å². The first kappa shape index (κ1) is 19.3. The van der Waals surface area contributed by atoms with E-state index in [2.05, 4.69) is 20.6 Å². The van der Waals surface area contributed by atoms with Crippen molar-refractivity contribution in [2.75, 3.05) is 0 Å². The van der Waals surface area contributed by atoms with Crippen LogP contribution in [0.25, 0.3) is 5.52 Å². The molecule has 0 aliphatic carbocycles. The highest BCUT2D eigenvalue weighted by atomic mass is 16.2. The van der Waals surface area contributed by atoms with Crippen LogP contribution in [0.1, 0.15) is 37.8 Å². The van der Waals surface area contributed by atoms with Gasteiger partial charge in [0, 0.05) is 31.7 Å². The van der Waals surface area contributed by atoms with Gasteiger partial charge in [0.15, 0.2) is 5.69 Å². The predicted molar refractivity (Wildman–Crippen MR) is 113 cm³/mol. The molecule has 1 aromatic carbocycles. The number of aryl methyl sites for hydroxylation is 1. The van der Waals surface area contributed by atoms with Crippen LogP contribution in [0.4, 0.5) is 0 Å². The molecule has 0 radical (unpaired) electrons. The highest BCUT2D eigenvalue weighted by Gasteiger charge is 2.21. The number of hydrogen-bond acceptors (Lipinski definition) is 4. The van der Waals surface area contributed by atoms with Crippen LogP contribution in [0.2, 0.25) is 0 Å². The molecule has 0 saturated carbocycles. The fraction of sp³-hybridized carbons (Fsp3) is 0.130. The number of benzene rings is 1. The summed E-state index contributed by atoms with van der Waals surface area (Å²) in [5.74, 6) is -0.508. The van der Waals surface area contributed by atoms with E-state index in [4.69, 9.17) is 0 Å². The molecule has 7 heteroatoms. The SMILES string of the molecule is Cc1cccc(CNC(=O)c2nc(C(=O)NCc3ccncc3)c3ccccn23)c1. The number of hydrogen-bond donors (Lipinski definition) is 2. The second-order valence-corrected chi connectivity index (χ2v) is 6.95. The second kappa shape index (κ2) is 8.57. The van der Waals surface area contributed by atoms with E-state index >= 15 is 0 Å². The van der Waals surface area contributed by atoms with Crippen LogP contribution >= 0.6 is 0 Å². The Morgan fingerprint density at radius 2 is 1.67 bits per heavy atom. The number of nitrogens with one attached hydrogen (secondary N) is 2. The van der Waals surface area contributed by atoms with Gasteiger partial charge in [-0.25, -0.2) is 4.98 Å². The fourth-order valence-electron chi connectivity index (χ4n) is 3.22. The lowest BCUT2D eigenvalue weighted by Gasteiger charge is -2.05. The number of pyridine rings is 2. The zero-order chi connectivity index (χ0) is 20.9. The molecular formula is C23H21N5O2. The van der Waals surface area contributed by atoms with E-state index in [1.165, 1.54) is 0 Å². The van der Waals surface area contributed by atoms with Crippen LogP contribution in [-0.4, -0.2) is 26.2 Å². The minimum atomic E-state index is -0.342. The Balaban J connectivity index is 1.54. The molecule has 0 aliphatic rings. The van der Waals surface area contributed by atoms with Crippen molar-refractivity contribution in [1.29, 1.82) is 0 Å². The van der Waals surface area contributed by atoms with Crippen molar-refractivity contribution in [3.63, 3.8) is 0 Å². The Labute approximate surface area is 173 Å². The molecule has 0 bridgehead atoms. The largest absolute Gasteiger partial charge is 0.347 e. The van der Waals surface area contributed by atoms with E-state index in [1.54, 1.807) is 35.1 Å². The molecule has 3 aromatic heterocycles. The number of fused-ring (bicyclic) bond motifs is 1. The standard InChI is InChI=1S/C23H21N5O2/c1-16-5-4-6-18(13-16)15-26-23(30)21-27-20(19-7-2-3-12-28(19)21)22(29)25-14-17-8-10-24-11-9-17/h2-13H,14-15H2,1H3,(H,25,29)(H,26,30). The van der Waals surface area contributed by atoms with Gasteiger partial charge in [0.25, 0.3) is 11.8 Å². The summed E-state index contributed by atoms with van der Waals surface area (Å²) in [5.41, 5.74) is 3.84. The maximum absolute atomic E-state index is 12.8. The topological polar surface area (TPSA) is 88.4 Å². The first-order valence-electron chi connectivity index (χ1n) is 9.60. The highest BCUT2D eigenvalue weighted by molar-refractivity contribution is 6.02. The summed E-state index contributed by atoms with van der Waals surface area (Å²) in [7, 11) is 0. The number of rotatable bonds is 6. The number of amides is 2. The van der Waals surface area contributed by atoms with Crippen molar-refractivity contribution >= 4 is 17.3 Å². The molecular weight excluding hydrogens is 378 g/mol. The van der Waals surface area contributed by atoms with Crippen molar-refractivity contribution in [2.45, 2.75) is 20.0 Å². The number of aromatic nitrogens is 3. The van der Waals surface area contributed by atoms with Crippen molar-refractivity contribution in [2.24, 2.45) is 0 Å². The molecule has 0 unspecified atom stereocenters. The normalized spacial score (nSPS) is 10.7. The Morgan fingerprint density at radius 3 is 2.47 bits per heavy atom. The summed E-state index contributed by atoms with van der Waals surface area (Å²) < 4.78 is 1.63. The molecule has 0 fully saturated rings. The van der Waals surface area contributed by atoms with Crippen molar-refractivity contribution in [3.05, 3.63) is 101 Å². The summed E-state index contributed by atoms with van der Waals surface area (Å²) in [6, 6.07) is 17.0. The first-order chi connectivity index (χ1) is 14.6. The van der Waals surface area contributed by atoms with Gasteiger partial charge in [0.2, 0.25) is 5.82 Å². The summed E-state index contributed by atoms with van der Waals surface area (Å²) in [4.78, 5) is 33.9. The van der Waals surface area contributed by atoms with E-state index in [0.717, 1.165) is 16.7 Å². The molecule has 2 amide bonds. The fourth-order valence-corrected chi connectivity index (χ4v) is 3.22. The van der Waals surface area contributed by atoms with E-state index in [0.29, 0.717) is 18.6 Å². The van der Waals surface area contributed by atoms with Gasteiger partial charge >= 0.3 is 0 Å². The molecule has 3 heterocycles. The van der Waals surface area contributed by atoms with Crippen LogP contribution < -0.4 is 10.6 Å². The van der Waals surface area contributed by atoms with Gasteiger partial charge in [-0.1, -0.05) is 35.9 Å². The van der Waals surface area contributed by atoms with Crippen LogP contribution in [-0.2, 0) is 13.1 Å². The molecule has 0 spiro atoms. The maximum Gasteiger partial charge on any atom is 0.287 e. The Kier molecular flexibility index (Phi) is 5.52. The lowest BCUT2D eigenvalue weighted by molar-refractivity contribution is 0.0939. The Morgan fingerprint density at radius 1 is 0.900 bits per heavy atom. The van der Waals surface area contributed by atoms with Crippen LogP contribution in [0.3, 0.4) is 0 Å². The van der Waals surface area contributed by atoms with Gasteiger partial charge in [-0.15, -0.1) is 0 Å². The molecule has 150 valence electrons. The molecule has 7 nitrogen and oxygen atoms in total. The number of imidazole rings is 1. The molecule has 2 N–H and O–H groups in total.